The van der Waals surface area contributed by atoms with Crippen molar-refractivity contribution in [3.8, 4) is 0 Å². The molecule has 1 N–H and O–H groups in total. The van der Waals surface area contributed by atoms with Gasteiger partial charge in [-0.05, 0) is 57.1 Å². The van der Waals surface area contributed by atoms with Crippen molar-refractivity contribution >= 4 is 35.9 Å². The zero-order valence-corrected chi connectivity index (χ0v) is 14.4. The van der Waals surface area contributed by atoms with Gasteiger partial charge in [-0.25, -0.2) is 4.79 Å². The highest BCUT2D eigenvalue weighted by Crippen LogP contribution is 2.43. The van der Waals surface area contributed by atoms with Crippen LogP contribution in [0.1, 0.15) is 40.0 Å². The first-order chi connectivity index (χ1) is 9.89. The number of alkyl carbamates (subject to hydrolysis) is 1. The first kappa shape index (κ1) is 16.7. The molecule has 6 heteroatoms. The molecule has 0 aromatic heterocycles. The lowest BCUT2D eigenvalue weighted by Crippen LogP contribution is -2.41. The SMILES string of the molecule is CC(C)(C)OC(=O)NC1CC(=C2SCCCS2)CC1C=O. The highest BCUT2D eigenvalue weighted by atomic mass is 32.2. The van der Waals surface area contributed by atoms with Crippen molar-refractivity contribution in [1.29, 1.82) is 0 Å². The molecule has 21 heavy (non-hydrogen) atoms. The van der Waals surface area contributed by atoms with Gasteiger partial charge >= 0.3 is 6.09 Å². The smallest absolute Gasteiger partial charge is 0.407 e. The van der Waals surface area contributed by atoms with E-state index in [0.29, 0.717) is 0 Å². The maximum atomic E-state index is 11.9. The molecule has 118 valence electrons. The second-order valence-electron chi connectivity index (χ2n) is 6.40. The maximum absolute atomic E-state index is 11.9. The highest BCUT2D eigenvalue weighted by molar-refractivity contribution is 8.22. The van der Waals surface area contributed by atoms with Gasteiger partial charge in [0.25, 0.3) is 0 Å². The van der Waals surface area contributed by atoms with Crippen LogP contribution in [0.2, 0.25) is 0 Å². The Kier molecular flexibility index (Phi) is 5.66. The van der Waals surface area contributed by atoms with Crippen molar-refractivity contribution in [3.63, 3.8) is 0 Å². The Hall–Kier alpha value is -0.620. The molecule has 1 aliphatic heterocycles. The average molecular weight is 329 g/mol. The van der Waals surface area contributed by atoms with E-state index in [4.69, 9.17) is 4.74 Å². The van der Waals surface area contributed by atoms with E-state index in [2.05, 4.69) is 5.32 Å². The standard InChI is InChI=1S/C15H23NO3S2/c1-15(2,3)19-14(18)16-12-8-10(7-11(12)9-17)13-20-5-4-6-21-13/h9,11-12H,4-8H2,1-3H3,(H,16,18). The zero-order valence-electron chi connectivity index (χ0n) is 12.8. The molecule has 2 unspecified atom stereocenters. The van der Waals surface area contributed by atoms with Crippen molar-refractivity contribution in [2.24, 2.45) is 5.92 Å². The van der Waals surface area contributed by atoms with Crippen LogP contribution in [-0.2, 0) is 9.53 Å². The molecule has 0 radical (unpaired) electrons. The molecule has 1 heterocycles. The van der Waals surface area contributed by atoms with Crippen LogP contribution in [0, 0.1) is 5.92 Å². The molecule has 2 rings (SSSR count). The van der Waals surface area contributed by atoms with E-state index < -0.39 is 11.7 Å². The lowest BCUT2D eigenvalue weighted by atomic mass is 10.1. The average Bonchev–Trinajstić information content (AvgIpc) is 2.80. The Morgan fingerprint density at radius 3 is 2.52 bits per heavy atom. The molecule has 2 aliphatic rings. The molecular formula is C15H23NO3S2. The molecule has 1 aliphatic carbocycles. The molecule has 2 fully saturated rings. The number of carbonyl (C=O) groups excluding carboxylic acids is 2. The molecular weight excluding hydrogens is 306 g/mol. The predicted molar refractivity (Wildman–Crippen MR) is 88.5 cm³/mol. The zero-order chi connectivity index (χ0) is 15.5. The summed E-state index contributed by atoms with van der Waals surface area (Å²) in [4.78, 5) is 23.2. The fourth-order valence-electron chi connectivity index (χ4n) is 2.49. The van der Waals surface area contributed by atoms with Gasteiger partial charge in [-0.15, -0.1) is 23.5 Å². The molecule has 0 spiro atoms. The predicted octanol–water partition coefficient (Wildman–Crippen LogP) is 3.57. The largest absolute Gasteiger partial charge is 0.444 e. The Labute approximate surface area is 134 Å². The minimum absolute atomic E-state index is 0.136. The van der Waals surface area contributed by atoms with Crippen LogP contribution in [0.5, 0.6) is 0 Å². The van der Waals surface area contributed by atoms with Crippen LogP contribution in [0.3, 0.4) is 0 Å². The number of ether oxygens (including phenoxy) is 1. The molecule has 0 aromatic rings. The molecule has 2 atom stereocenters. The van der Waals surface area contributed by atoms with Gasteiger partial charge in [-0.3, -0.25) is 0 Å². The summed E-state index contributed by atoms with van der Waals surface area (Å²) in [5.74, 6) is 2.17. The number of amides is 1. The number of hydrogen-bond donors (Lipinski definition) is 1. The third-order valence-electron chi connectivity index (χ3n) is 3.39. The van der Waals surface area contributed by atoms with E-state index in [1.165, 1.54) is 16.2 Å². The van der Waals surface area contributed by atoms with Gasteiger partial charge in [0.2, 0.25) is 0 Å². The van der Waals surface area contributed by atoms with E-state index in [0.717, 1.165) is 30.6 Å². The summed E-state index contributed by atoms with van der Waals surface area (Å²) in [6.07, 6.45) is 3.29. The van der Waals surface area contributed by atoms with Gasteiger partial charge in [-0.2, -0.15) is 0 Å². The van der Waals surface area contributed by atoms with Crippen LogP contribution in [0.4, 0.5) is 4.79 Å². The van der Waals surface area contributed by atoms with E-state index >= 15 is 0 Å². The summed E-state index contributed by atoms with van der Waals surface area (Å²) in [5.41, 5.74) is 0.804. The lowest BCUT2D eigenvalue weighted by molar-refractivity contribution is -0.111. The van der Waals surface area contributed by atoms with Gasteiger partial charge in [0, 0.05) is 16.2 Å². The maximum Gasteiger partial charge on any atom is 0.407 e. The van der Waals surface area contributed by atoms with Crippen molar-refractivity contribution in [2.75, 3.05) is 11.5 Å². The van der Waals surface area contributed by atoms with Gasteiger partial charge in [0.15, 0.2) is 0 Å². The van der Waals surface area contributed by atoms with E-state index in [1.54, 1.807) is 0 Å². The summed E-state index contributed by atoms with van der Waals surface area (Å²) in [6, 6.07) is -0.136. The summed E-state index contributed by atoms with van der Waals surface area (Å²) in [7, 11) is 0. The van der Waals surface area contributed by atoms with Gasteiger partial charge in [-0.1, -0.05) is 0 Å². The van der Waals surface area contributed by atoms with Gasteiger partial charge in [0.05, 0.1) is 0 Å². The second kappa shape index (κ2) is 7.09. The molecule has 0 aromatic carbocycles. The van der Waals surface area contributed by atoms with Crippen LogP contribution in [0.15, 0.2) is 9.81 Å². The Balaban J connectivity index is 1.99. The normalized spacial score (nSPS) is 26.6. The molecule has 1 saturated heterocycles. The number of nitrogens with one attached hydrogen (secondary N) is 1. The van der Waals surface area contributed by atoms with Crippen LogP contribution < -0.4 is 5.32 Å². The van der Waals surface area contributed by atoms with E-state index in [-0.39, 0.29) is 12.0 Å². The van der Waals surface area contributed by atoms with Crippen LogP contribution in [0.25, 0.3) is 0 Å². The molecule has 1 saturated carbocycles. The monoisotopic (exact) mass is 329 g/mol. The second-order valence-corrected chi connectivity index (χ2v) is 8.87. The fourth-order valence-corrected chi connectivity index (χ4v) is 5.19. The lowest BCUT2D eigenvalue weighted by Gasteiger charge is -2.22. The summed E-state index contributed by atoms with van der Waals surface area (Å²) in [5, 5.41) is 2.86. The minimum Gasteiger partial charge on any atom is -0.444 e. The third kappa shape index (κ3) is 4.95. The Morgan fingerprint density at radius 1 is 1.29 bits per heavy atom. The van der Waals surface area contributed by atoms with Crippen molar-refractivity contribution in [3.05, 3.63) is 9.81 Å². The number of aldehydes is 1. The van der Waals surface area contributed by atoms with Crippen molar-refractivity contribution < 1.29 is 14.3 Å². The fraction of sp³-hybridized carbons (Fsp3) is 0.733. The quantitative estimate of drug-likeness (QED) is 0.785. The minimum atomic E-state index is -0.518. The third-order valence-corrected chi connectivity index (χ3v) is 6.18. The molecule has 1 amide bonds. The van der Waals surface area contributed by atoms with Gasteiger partial charge < -0.3 is 14.8 Å². The van der Waals surface area contributed by atoms with Crippen molar-refractivity contribution in [1.82, 2.24) is 5.32 Å². The van der Waals surface area contributed by atoms with Crippen LogP contribution >= 0.6 is 23.5 Å². The highest BCUT2D eigenvalue weighted by Gasteiger charge is 2.34. The first-order valence-corrected chi connectivity index (χ1v) is 9.28. The topological polar surface area (TPSA) is 55.4 Å². The Morgan fingerprint density at radius 2 is 1.95 bits per heavy atom. The van der Waals surface area contributed by atoms with E-state index in [9.17, 15) is 9.59 Å². The number of hydrogen-bond acceptors (Lipinski definition) is 5. The van der Waals surface area contributed by atoms with Crippen molar-refractivity contribution in [2.45, 2.75) is 51.7 Å². The number of carbonyl (C=O) groups is 2. The molecule has 0 bridgehead atoms. The number of rotatable bonds is 2. The first-order valence-electron chi connectivity index (χ1n) is 7.31. The van der Waals surface area contributed by atoms with E-state index in [1.807, 2.05) is 44.3 Å². The summed E-state index contributed by atoms with van der Waals surface area (Å²) < 4.78 is 6.64. The molecule has 4 nitrogen and oxygen atoms in total. The number of thioether (sulfide) groups is 2. The van der Waals surface area contributed by atoms with Crippen LogP contribution in [-0.4, -0.2) is 35.5 Å². The summed E-state index contributed by atoms with van der Waals surface area (Å²) in [6.45, 7) is 5.50. The summed E-state index contributed by atoms with van der Waals surface area (Å²) >= 11 is 3.77. The van der Waals surface area contributed by atoms with Gasteiger partial charge in [0.1, 0.15) is 11.9 Å². The Bertz CT molecular complexity index is 435.